The molecule has 4 nitrogen and oxygen atoms in total. The van der Waals surface area contributed by atoms with Crippen LogP contribution in [0.15, 0.2) is 27.7 Å². The minimum atomic E-state index is 0.547. The summed E-state index contributed by atoms with van der Waals surface area (Å²) in [5.74, 6) is 0.794. The number of nitrogens with one attached hydrogen (secondary N) is 2. The van der Waals surface area contributed by atoms with E-state index in [9.17, 15) is 0 Å². The van der Waals surface area contributed by atoms with Crippen molar-refractivity contribution in [3.8, 4) is 0 Å². The summed E-state index contributed by atoms with van der Waals surface area (Å²) in [7, 11) is 1.70. The van der Waals surface area contributed by atoms with Crippen LogP contribution in [0.4, 0.5) is 0 Å². The molecule has 1 aromatic carbocycles. The maximum absolute atomic E-state index is 6.18. The normalized spacial score (nSPS) is 11.5. The molecule has 0 bridgehead atoms. The topological polar surface area (TPSA) is 45.7 Å². The molecule has 0 radical (unpaired) electrons. The molecule has 0 heterocycles. The van der Waals surface area contributed by atoms with Crippen LogP contribution in [0.3, 0.4) is 0 Å². The number of rotatable bonds is 7. The molecule has 0 aliphatic heterocycles. The molecule has 0 unspecified atom stereocenters. The number of aliphatic imine (C=N–C) groups is 1. The Balaban J connectivity index is 2.56. The van der Waals surface area contributed by atoms with Crippen molar-refractivity contribution < 1.29 is 4.74 Å². The van der Waals surface area contributed by atoms with Gasteiger partial charge in [-0.05, 0) is 31.0 Å². The van der Waals surface area contributed by atoms with Gasteiger partial charge in [0.15, 0.2) is 5.96 Å². The van der Waals surface area contributed by atoms with Gasteiger partial charge in [-0.25, -0.2) is 4.99 Å². The highest BCUT2D eigenvalue weighted by atomic mass is 79.9. The van der Waals surface area contributed by atoms with Crippen molar-refractivity contribution in [2.75, 3.05) is 26.8 Å². The van der Waals surface area contributed by atoms with Crippen molar-refractivity contribution in [3.63, 3.8) is 0 Å². The van der Waals surface area contributed by atoms with Crippen molar-refractivity contribution in [2.24, 2.45) is 4.99 Å². The molecular weight excluding hydrogens is 342 g/mol. The molecule has 20 heavy (non-hydrogen) atoms. The van der Waals surface area contributed by atoms with Crippen molar-refractivity contribution >= 4 is 33.5 Å². The number of nitrogens with zero attached hydrogens (tertiary/aromatic N) is 1. The second-order valence-electron chi connectivity index (χ2n) is 4.20. The van der Waals surface area contributed by atoms with Crippen molar-refractivity contribution in [3.05, 3.63) is 33.3 Å². The van der Waals surface area contributed by atoms with Crippen LogP contribution in [-0.2, 0) is 11.3 Å². The fraction of sp³-hybridized carbons (Fsp3) is 0.500. The van der Waals surface area contributed by atoms with E-state index in [0.29, 0.717) is 6.54 Å². The maximum Gasteiger partial charge on any atom is 0.191 e. The third-order valence-electron chi connectivity index (χ3n) is 2.58. The first kappa shape index (κ1) is 17.3. The molecule has 0 amide bonds. The predicted octanol–water partition coefficient (Wildman–Crippen LogP) is 3.19. The van der Waals surface area contributed by atoms with E-state index < -0.39 is 0 Å². The van der Waals surface area contributed by atoms with Gasteiger partial charge in [0.2, 0.25) is 0 Å². The van der Waals surface area contributed by atoms with Gasteiger partial charge in [0.25, 0.3) is 0 Å². The highest BCUT2D eigenvalue weighted by Gasteiger charge is 2.02. The molecule has 0 aliphatic rings. The summed E-state index contributed by atoms with van der Waals surface area (Å²) in [5.41, 5.74) is 1.00. The zero-order valence-electron chi connectivity index (χ0n) is 11.9. The molecule has 0 saturated carbocycles. The van der Waals surface area contributed by atoms with E-state index in [4.69, 9.17) is 16.3 Å². The quantitative estimate of drug-likeness (QED) is 0.445. The molecule has 0 saturated heterocycles. The fourth-order valence-corrected chi connectivity index (χ4v) is 2.31. The third kappa shape index (κ3) is 6.59. The van der Waals surface area contributed by atoms with Crippen molar-refractivity contribution in [1.29, 1.82) is 0 Å². The highest BCUT2D eigenvalue weighted by Crippen LogP contribution is 2.21. The lowest BCUT2D eigenvalue weighted by molar-refractivity contribution is 0.195. The van der Waals surface area contributed by atoms with Gasteiger partial charge in [-0.2, -0.15) is 0 Å². The summed E-state index contributed by atoms with van der Waals surface area (Å²) < 4.78 is 5.99. The Bertz CT molecular complexity index is 440. The van der Waals surface area contributed by atoms with Gasteiger partial charge < -0.3 is 15.4 Å². The highest BCUT2D eigenvalue weighted by molar-refractivity contribution is 9.10. The first-order valence-electron chi connectivity index (χ1n) is 6.62. The number of ether oxygens (including phenoxy) is 1. The first-order chi connectivity index (χ1) is 9.67. The number of hydrogen-bond acceptors (Lipinski definition) is 2. The van der Waals surface area contributed by atoms with Crippen LogP contribution in [0.5, 0.6) is 0 Å². The van der Waals surface area contributed by atoms with Crippen molar-refractivity contribution in [2.45, 2.75) is 19.9 Å². The average Bonchev–Trinajstić information content (AvgIpc) is 2.42. The summed E-state index contributed by atoms with van der Waals surface area (Å²) in [6.07, 6.45) is 0.944. The van der Waals surface area contributed by atoms with Gasteiger partial charge in [-0.1, -0.05) is 33.6 Å². The van der Waals surface area contributed by atoms with E-state index in [-0.39, 0.29) is 0 Å². The van der Waals surface area contributed by atoms with Crippen LogP contribution in [-0.4, -0.2) is 32.8 Å². The number of halogens is 2. The van der Waals surface area contributed by atoms with Crippen LogP contribution in [0, 0.1) is 0 Å². The summed E-state index contributed by atoms with van der Waals surface area (Å²) in [4.78, 5) is 4.53. The Hall–Kier alpha value is -0.780. The Kier molecular flexibility index (Phi) is 8.65. The summed E-state index contributed by atoms with van der Waals surface area (Å²) in [6, 6.07) is 5.82. The third-order valence-corrected chi connectivity index (χ3v) is 3.43. The fourth-order valence-electron chi connectivity index (χ4n) is 1.58. The number of methoxy groups -OCH3 is 1. The molecule has 2 N–H and O–H groups in total. The number of hydrogen-bond donors (Lipinski definition) is 2. The van der Waals surface area contributed by atoms with Gasteiger partial charge in [-0.3, -0.25) is 0 Å². The molecular formula is C14H21BrClN3O. The van der Waals surface area contributed by atoms with E-state index in [1.807, 2.05) is 25.1 Å². The van der Waals surface area contributed by atoms with E-state index in [2.05, 4.69) is 31.6 Å². The predicted molar refractivity (Wildman–Crippen MR) is 88.5 cm³/mol. The Morgan fingerprint density at radius 1 is 1.40 bits per heavy atom. The molecule has 0 aromatic heterocycles. The molecule has 6 heteroatoms. The van der Waals surface area contributed by atoms with Gasteiger partial charge in [0.1, 0.15) is 0 Å². The van der Waals surface area contributed by atoms with Gasteiger partial charge in [0, 0.05) is 36.3 Å². The summed E-state index contributed by atoms with van der Waals surface area (Å²) in [5, 5.41) is 7.19. The van der Waals surface area contributed by atoms with Crippen LogP contribution in [0.1, 0.15) is 18.9 Å². The zero-order valence-corrected chi connectivity index (χ0v) is 14.2. The van der Waals surface area contributed by atoms with Crippen molar-refractivity contribution in [1.82, 2.24) is 10.6 Å². The lowest BCUT2D eigenvalue weighted by Gasteiger charge is -2.11. The molecule has 0 atom stereocenters. The Labute approximate surface area is 134 Å². The smallest absolute Gasteiger partial charge is 0.191 e. The van der Waals surface area contributed by atoms with E-state index in [0.717, 1.165) is 47.1 Å². The Morgan fingerprint density at radius 3 is 2.85 bits per heavy atom. The van der Waals surface area contributed by atoms with Gasteiger partial charge in [-0.15, -0.1) is 0 Å². The van der Waals surface area contributed by atoms with Gasteiger partial charge >= 0.3 is 0 Å². The first-order valence-corrected chi connectivity index (χ1v) is 7.79. The monoisotopic (exact) mass is 361 g/mol. The minimum absolute atomic E-state index is 0.547. The molecule has 112 valence electrons. The van der Waals surface area contributed by atoms with Crippen LogP contribution >= 0.6 is 27.5 Å². The summed E-state index contributed by atoms with van der Waals surface area (Å²) in [6.45, 7) is 4.98. The van der Waals surface area contributed by atoms with Crippen LogP contribution < -0.4 is 10.6 Å². The molecule has 0 aliphatic carbocycles. The largest absolute Gasteiger partial charge is 0.385 e. The zero-order chi connectivity index (χ0) is 14.8. The molecule has 1 aromatic rings. The summed E-state index contributed by atoms with van der Waals surface area (Å²) >= 11 is 9.57. The minimum Gasteiger partial charge on any atom is -0.385 e. The maximum atomic E-state index is 6.18. The van der Waals surface area contributed by atoms with Gasteiger partial charge in [0.05, 0.1) is 6.54 Å². The number of benzene rings is 1. The standard InChI is InChI=1S/C14H21BrClN3O/c1-3-17-14(18-7-4-8-20-2)19-10-11-5-6-12(15)9-13(11)16/h5-6,9H,3-4,7-8,10H2,1-2H3,(H2,17,18,19). The van der Waals surface area contributed by atoms with E-state index in [1.165, 1.54) is 0 Å². The van der Waals surface area contributed by atoms with Crippen LogP contribution in [0.25, 0.3) is 0 Å². The second kappa shape index (κ2) is 10.0. The second-order valence-corrected chi connectivity index (χ2v) is 5.53. The van der Waals surface area contributed by atoms with E-state index >= 15 is 0 Å². The lowest BCUT2D eigenvalue weighted by atomic mass is 10.2. The molecule has 0 spiro atoms. The lowest BCUT2D eigenvalue weighted by Crippen LogP contribution is -2.38. The molecule has 0 fully saturated rings. The Morgan fingerprint density at radius 2 is 2.20 bits per heavy atom. The SMILES string of the molecule is CCNC(=NCc1ccc(Br)cc1Cl)NCCCOC. The average molecular weight is 363 g/mol. The van der Waals surface area contributed by atoms with E-state index in [1.54, 1.807) is 7.11 Å². The molecule has 1 rings (SSSR count). The number of guanidine groups is 1. The van der Waals surface area contributed by atoms with Crippen LogP contribution in [0.2, 0.25) is 5.02 Å².